The molecule has 0 aliphatic heterocycles. The van der Waals surface area contributed by atoms with Crippen LogP contribution in [0.3, 0.4) is 0 Å². The number of benzene rings is 2. The maximum Gasteiger partial charge on any atom is 0.182 e. The summed E-state index contributed by atoms with van der Waals surface area (Å²) in [5.41, 5.74) is -0.105. The van der Waals surface area contributed by atoms with Gasteiger partial charge in [0.25, 0.3) is 0 Å². The van der Waals surface area contributed by atoms with Crippen LogP contribution in [0, 0.1) is 0 Å². The van der Waals surface area contributed by atoms with Crippen molar-refractivity contribution >= 4 is 10.8 Å². The number of phenolic OH excluding ortho intramolecular Hbond substituents is 2. The second-order valence-corrected chi connectivity index (χ2v) is 3.26. The molecule has 0 aliphatic rings. The van der Waals surface area contributed by atoms with Gasteiger partial charge in [-0.2, -0.15) is 0 Å². The van der Waals surface area contributed by atoms with Crippen LogP contribution < -0.4 is 0 Å². The van der Waals surface area contributed by atoms with Gasteiger partial charge in [0.1, 0.15) is 0 Å². The van der Waals surface area contributed by atoms with Gasteiger partial charge in [0.05, 0.1) is 5.56 Å². The van der Waals surface area contributed by atoms with Crippen molar-refractivity contribution in [3.05, 3.63) is 35.9 Å². The Morgan fingerprint density at radius 1 is 0.933 bits per heavy atom. The first-order chi connectivity index (χ1) is 7.11. The normalized spacial score (nSPS) is 11.1. The molecule has 0 bridgehead atoms. The molecular formula is C11H10O4. The monoisotopic (exact) mass is 206 g/mol. The first-order valence-electron chi connectivity index (χ1n) is 4.41. The predicted molar refractivity (Wildman–Crippen MR) is 54.5 cm³/mol. The van der Waals surface area contributed by atoms with Crippen molar-refractivity contribution in [1.29, 1.82) is 0 Å². The average molecular weight is 206 g/mol. The number of fused-ring (bicyclic) bond motifs is 1. The number of aliphatic hydroxyl groups excluding tert-OH is 1. The van der Waals surface area contributed by atoms with Gasteiger partial charge in [0.15, 0.2) is 17.8 Å². The molecule has 2 aromatic rings. The molecule has 4 N–H and O–H groups in total. The van der Waals surface area contributed by atoms with Crippen LogP contribution in [0.15, 0.2) is 30.3 Å². The lowest BCUT2D eigenvalue weighted by molar-refractivity contribution is -0.0439. The highest BCUT2D eigenvalue weighted by molar-refractivity contribution is 5.91. The molecule has 0 saturated heterocycles. The van der Waals surface area contributed by atoms with Gasteiger partial charge in [-0.1, -0.05) is 24.3 Å². The van der Waals surface area contributed by atoms with Crippen LogP contribution in [0.25, 0.3) is 10.8 Å². The lowest BCUT2D eigenvalue weighted by atomic mass is 10.0. The molecule has 4 heteroatoms. The number of aliphatic hydroxyl groups is 2. The SMILES string of the molecule is Oc1c(C(O)O)cc2ccccc2c1O. The van der Waals surface area contributed by atoms with Crippen molar-refractivity contribution in [2.24, 2.45) is 0 Å². The Hall–Kier alpha value is -1.78. The molecule has 0 unspecified atom stereocenters. The molecule has 0 radical (unpaired) electrons. The molecule has 2 aromatic carbocycles. The number of aromatic hydroxyl groups is 2. The van der Waals surface area contributed by atoms with E-state index in [-0.39, 0.29) is 11.3 Å². The van der Waals surface area contributed by atoms with Crippen LogP contribution in [0.5, 0.6) is 11.5 Å². The summed E-state index contributed by atoms with van der Waals surface area (Å²) < 4.78 is 0. The third-order valence-electron chi connectivity index (χ3n) is 2.30. The van der Waals surface area contributed by atoms with E-state index in [0.717, 1.165) is 0 Å². The summed E-state index contributed by atoms with van der Waals surface area (Å²) in [5, 5.41) is 38.2. The lowest BCUT2D eigenvalue weighted by Crippen LogP contribution is -1.95. The fraction of sp³-hybridized carbons (Fsp3) is 0.0909. The molecule has 2 rings (SSSR count). The molecule has 15 heavy (non-hydrogen) atoms. The van der Waals surface area contributed by atoms with Crippen molar-refractivity contribution in [1.82, 2.24) is 0 Å². The number of hydrogen-bond acceptors (Lipinski definition) is 4. The molecule has 0 fully saturated rings. The first-order valence-corrected chi connectivity index (χ1v) is 4.41. The van der Waals surface area contributed by atoms with Crippen LogP contribution >= 0.6 is 0 Å². The van der Waals surface area contributed by atoms with Crippen molar-refractivity contribution in [2.75, 3.05) is 0 Å². The number of hydrogen-bond donors (Lipinski definition) is 4. The molecule has 0 amide bonds. The zero-order valence-corrected chi connectivity index (χ0v) is 7.75. The topological polar surface area (TPSA) is 80.9 Å². The van der Waals surface area contributed by atoms with Crippen LogP contribution in [0.4, 0.5) is 0 Å². The van der Waals surface area contributed by atoms with E-state index in [4.69, 9.17) is 10.2 Å². The van der Waals surface area contributed by atoms with Crippen molar-refractivity contribution in [2.45, 2.75) is 6.29 Å². The largest absolute Gasteiger partial charge is 0.504 e. The van der Waals surface area contributed by atoms with Gasteiger partial charge in [-0.3, -0.25) is 0 Å². The van der Waals surface area contributed by atoms with Crippen molar-refractivity contribution < 1.29 is 20.4 Å². The van der Waals surface area contributed by atoms with Gasteiger partial charge in [-0.25, -0.2) is 0 Å². The molecule has 0 aromatic heterocycles. The fourth-order valence-corrected chi connectivity index (χ4v) is 1.54. The van der Waals surface area contributed by atoms with E-state index in [0.29, 0.717) is 10.8 Å². The highest BCUT2D eigenvalue weighted by Gasteiger charge is 2.15. The molecule has 0 aliphatic carbocycles. The van der Waals surface area contributed by atoms with Crippen LogP contribution in [0.1, 0.15) is 11.9 Å². The average Bonchev–Trinajstić information content (AvgIpc) is 2.23. The van der Waals surface area contributed by atoms with Gasteiger partial charge in [-0.15, -0.1) is 0 Å². The molecule has 4 nitrogen and oxygen atoms in total. The summed E-state index contributed by atoms with van der Waals surface area (Å²) in [6, 6.07) is 8.25. The maximum absolute atomic E-state index is 9.62. The molecule has 0 heterocycles. The van der Waals surface area contributed by atoms with Gasteiger partial charge in [0.2, 0.25) is 0 Å². The Morgan fingerprint density at radius 3 is 2.27 bits per heavy atom. The molecule has 0 atom stereocenters. The van der Waals surface area contributed by atoms with Crippen molar-refractivity contribution in [3.63, 3.8) is 0 Å². The summed E-state index contributed by atoms with van der Waals surface area (Å²) in [6.45, 7) is 0. The standard InChI is InChI=1S/C11H10O4/c12-9-7-4-2-1-3-6(7)5-8(10(9)13)11(14)15/h1-5,11-15H. The minimum Gasteiger partial charge on any atom is -0.504 e. The van der Waals surface area contributed by atoms with E-state index in [1.165, 1.54) is 6.07 Å². The number of phenols is 2. The quantitative estimate of drug-likeness (QED) is 0.418. The van der Waals surface area contributed by atoms with E-state index in [1.54, 1.807) is 24.3 Å². The highest BCUT2D eigenvalue weighted by Crippen LogP contribution is 2.38. The van der Waals surface area contributed by atoms with E-state index in [2.05, 4.69) is 0 Å². The van der Waals surface area contributed by atoms with Gasteiger partial charge in [0, 0.05) is 5.39 Å². The van der Waals surface area contributed by atoms with E-state index >= 15 is 0 Å². The van der Waals surface area contributed by atoms with Gasteiger partial charge < -0.3 is 20.4 Å². The van der Waals surface area contributed by atoms with Gasteiger partial charge in [-0.05, 0) is 11.5 Å². The Balaban J connectivity index is 2.82. The molecule has 0 spiro atoms. The Morgan fingerprint density at radius 2 is 1.60 bits per heavy atom. The van der Waals surface area contributed by atoms with E-state index < -0.39 is 12.0 Å². The first kappa shape index (κ1) is 9.76. The summed E-state index contributed by atoms with van der Waals surface area (Å²) in [7, 11) is 0. The Bertz CT molecular complexity index is 505. The van der Waals surface area contributed by atoms with Crippen molar-refractivity contribution in [3.8, 4) is 11.5 Å². The number of rotatable bonds is 1. The minimum absolute atomic E-state index is 0.105. The highest BCUT2D eigenvalue weighted by atomic mass is 16.5. The smallest absolute Gasteiger partial charge is 0.182 e. The zero-order valence-electron chi connectivity index (χ0n) is 7.75. The fourth-order valence-electron chi connectivity index (χ4n) is 1.54. The summed E-state index contributed by atoms with van der Waals surface area (Å²) in [5.74, 6) is -0.833. The van der Waals surface area contributed by atoms with Crippen LogP contribution in [-0.4, -0.2) is 20.4 Å². The summed E-state index contributed by atoms with van der Waals surface area (Å²) in [4.78, 5) is 0. The van der Waals surface area contributed by atoms with E-state index in [9.17, 15) is 10.2 Å². The maximum atomic E-state index is 9.62. The molecule has 78 valence electrons. The second-order valence-electron chi connectivity index (χ2n) is 3.26. The van der Waals surface area contributed by atoms with Crippen LogP contribution in [0.2, 0.25) is 0 Å². The molecule has 0 saturated carbocycles. The second kappa shape index (κ2) is 3.42. The third kappa shape index (κ3) is 1.49. The van der Waals surface area contributed by atoms with Gasteiger partial charge >= 0.3 is 0 Å². The predicted octanol–water partition coefficient (Wildman–Crippen LogP) is 1.23. The Kier molecular flexibility index (Phi) is 2.22. The lowest BCUT2D eigenvalue weighted by Gasteiger charge is -2.10. The van der Waals surface area contributed by atoms with Crippen LogP contribution in [-0.2, 0) is 0 Å². The summed E-state index contributed by atoms with van der Waals surface area (Å²) in [6.07, 6.45) is -1.81. The minimum atomic E-state index is -1.81. The molecular weight excluding hydrogens is 196 g/mol. The summed E-state index contributed by atoms with van der Waals surface area (Å²) >= 11 is 0. The Labute approximate surface area is 85.7 Å². The van der Waals surface area contributed by atoms with E-state index in [1.807, 2.05) is 0 Å². The third-order valence-corrected chi connectivity index (χ3v) is 2.30. The zero-order chi connectivity index (χ0) is 11.0.